The van der Waals surface area contributed by atoms with E-state index in [1.807, 2.05) is 0 Å². The first kappa shape index (κ1) is 17.3. The largest absolute Gasteiger partial charge is 0.497 e. The van der Waals surface area contributed by atoms with E-state index in [0.29, 0.717) is 17.2 Å². The molecule has 0 saturated carbocycles. The number of amides is 1. The minimum atomic E-state index is -3.31. The number of benzene rings is 1. The van der Waals surface area contributed by atoms with Crippen LogP contribution >= 0.6 is 0 Å². The van der Waals surface area contributed by atoms with E-state index in [-0.39, 0.29) is 18.3 Å². The molecule has 1 aromatic rings. The van der Waals surface area contributed by atoms with Crippen LogP contribution in [0.15, 0.2) is 29.7 Å². The smallest absolute Gasteiger partial charge is 0.253 e. The maximum Gasteiger partial charge on any atom is 0.253 e. The monoisotopic (exact) mass is 341 g/mol. The van der Waals surface area contributed by atoms with E-state index in [1.165, 1.54) is 32.3 Å². The van der Waals surface area contributed by atoms with Crippen molar-refractivity contribution in [2.45, 2.75) is 6.04 Å². The molecule has 1 amide bonds. The molecule has 0 N–H and O–H groups in total. The number of carbonyl (C=O) groups is 1. The number of methoxy groups -OCH3 is 3. The van der Waals surface area contributed by atoms with Crippen molar-refractivity contribution in [1.29, 1.82) is 0 Å². The third-order valence-electron chi connectivity index (χ3n) is 3.43. The third kappa shape index (κ3) is 3.83. The van der Waals surface area contributed by atoms with Crippen LogP contribution in [0.1, 0.15) is 0 Å². The lowest BCUT2D eigenvalue weighted by Gasteiger charge is -2.29. The van der Waals surface area contributed by atoms with Gasteiger partial charge in [0.1, 0.15) is 18.1 Å². The van der Waals surface area contributed by atoms with Crippen LogP contribution in [0.5, 0.6) is 11.5 Å². The number of rotatable bonds is 6. The van der Waals surface area contributed by atoms with Gasteiger partial charge in [-0.1, -0.05) is 0 Å². The lowest BCUT2D eigenvalue weighted by atomic mass is 10.2. The summed E-state index contributed by atoms with van der Waals surface area (Å²) in [4.78, 5) is 13.8. The van der Waals surface area contributed by atoms with Crippen molar-refractivity contribution < 1.29 is 27.4 Å². The lowest BCUT2D eigenvalue weighted by molar-refractivity contribution is -0.122. The molecule has 0 unspecified atom stereocenters. The van der Waals surface area contributed by atoms with Gasteiger partial charge in [0.2, 0.25) is 0 Å². The van der Waals surface area contributed by atoms with Crippen LogP contribution in [0.3, 0.4) is 0 Å². The van der Waals surface area contributed by atoms with Crippen molar-refractivity contribution in [2.24, 2.45) is 0 Å². The predicted octanol–water partition coefficient (Wildman–Crippen LogP) is 0.994. The van der Waals surface area contributed by atoms with E-state index in [1.54, 1.807) is 18.2 Å². The summed E-state index contributed by atoms with van der Waals surface area (Å²) in [6.07, 6.45) is 1.49. The van der Waals surface area contributed by atoms with E-state index in [2.05, 4.69) is 0 Å². The fourth-order valence-electron chi connectivity index (χ4n) is 2.40. The molecule has 0 saturated heterocycles. The molecule has 0 bridgehead atoms. The van der Waals surface area contributed by atoms with Gasteiger partial charge in [-0.05, 0) is 18.2 Å². The number of hydrogen-bond donors (Lipinski definition) is 0. The van der Waals surface area contributed by atoms with Gasteiger partial charge in [-0.2, -0.15) is 0 Å². The number of hydrogen-bond acceptors (Lipinski definition) is 6. The van der Waals surface area contributed by atoms with E-state index in [9.17, 15) is 13.2 Å². The van der Waals surface area contributed by atoms with Gasteiger partial charge in [0, 0.05) is 18.6 Å². The van der Waals surface area contributed by atoms with Crippen molar-refractivity contribution in [3.8, 4) is 11.5 Å². The molecule has 1 aliphatic heterocycles. The summed E-state index contributed by atoms with van der Waals surface area (Å²) in [7, 11) is 1.09. The average Bonchev–Trinajstić information content (AvgIpc) is 2.87. The molecule has 0 aromatic heterocycles. The molecule has 126 valence electrons. The molecule has 1 heterocycles. The average molecular weight is 341 g/mol. The summed E-state index contributed by atoms with van der Waals surface area (Å²) in [5.41, 5.74) is 0.460. The molecule has 1 aliphatic rings. The zero-order chi connectivity index (χ0) is 17.0. The molecule has 1 aromatic carbocycles. The van der Waals surface area contributed by atoms with Crippen molar-refractivity contribution in [3.05, 3.63) is 29.7 Å². The van der Waals surface area contributed by atoms with Crippen LogP contribution < -0.4 is 14.4 Å². The summed E-state index contributed by atoms with van der Waals surface area (Å²) >= 11 is 0. The highest BCUT2D eigenvalue weighted by atomic mass is 32.2. The van der Waals surface area contributed by atoms with Gasteiger partial charge in [0.05, 0.1) is 31.7 Å². The van der Waals surface area contributed by atoms with Crippen LogP contribution in [0, 0.1) is 0 Å². The number of ether oxygens (including phenoxy) is 3. The molecule has 0 spiro atoms. The van der Waals surface area contributed by atoms with Crippen LogP contribution in [-0.4, -0.2) is 54.1 Å². The Bertz CT molecular complexity index is 713. The summed E-state index contributed by atoms with van der Waals surface area (Å²) in [6.45, 7) is -0.167. The Morgan fingerprint density at radius 2 is 2.00 bits per heavy atom. The molecule has 8 heteroatoms. The van der Waals surface area contributed by atoms with Gasteiger partial charge < -0.3 is 14.2 Å². The number of nitrogens with zero attached hydrogens (tertiary/aromatic N) is 1. The van der Waals surface area contributed by atoms with Gasteiger partial charge in [-0.3, -0.25) is 9.69 Å². The zero-order valence-electron chi connectivity index (χ0n) is 13.2. The fraction of sp³-hybridized carbons (Fsp3) is 0.400. The molecule has 23 heavy (non-hydrogen) atoms. The van der Waals surface area contributed by atoms with Crippen LogP contribution in [0.2, 0.25) is 0 Å². The number of sulfone groups is 1. The second-order valence-electron chi connectivity index (χ2n) is 4.96. The molecule has 0 fully saturated rings. The minimum absolute atomic E-state index is 0.167. The fourth-order valence-corrected chi connectivity index (χ4v) is 3.66. The Labute approximate surface area is 135 Å². The van der Waals surface area contributed by atoms with Crippen molar-refractivity contribution in [3.63, 3.8) is 0 Å². The van der Waals surface area contributed by atoms with Crippen molar-refractivity contribution >= 4 is 21.4 Å². The SMILES string of the molecule is COCC(=O)N(c1ccc(OC)cc1OC)[C@H]1C=CS(=O)(=O)C1. The minimum Gasteiger partial charge on any atom is -0.497 e. The Balaban J connectivity index is 2.46. The van der Waals surface area contributed by atoms with E-state index >= 15 is 0 Å². The van der Waals surface area contributed by atoms with E-state index < -0.39 is 15.9 Å². The van der Waals surface area contributed by atoms with Gasteiger partial charge in [0.25, 0.3) is 5.91 Å². The first-order valence-corrected chi connectivity index (χ1v) is 8.57. The van der Waals surface area contributed by atoms with Gasteiger partial charge in [-0.25, -0.2) is 8.42 Å². The number of anilines is 1. The summed E-state index contributed by atoms with van der Waals surface area (Å²) in [6, 6.07) is 4.36. The highest BCUT2D eigenvalue weighted by molar-refractivity contribution is 7.94. The number of carbonyl (C=O) groups excluding carboxylic acids is 1. The second-order valence-corrected chi connectivity index (χ2v) is 6.89. The van der Waals surface area contributed by atoms with E-state index in [4.69, 9.17) is 14.2 Å². The Kier molecular flexibility index (Phi) is 5.27. The molecule has 1 atom stereocenters. The second kappa shape index (κ2) is 7.01. The Hall–Kier alpha value is -2.06. The highest BCUT2D eigenvalue weighted by Gasteiger charge is 2.32. The Morgan fingerprint density at radius 3 is 2.52 bits per heavy atom. The predicted molar refractivity (Wildman–Crippen MR) is 85.6 cm³/mol. The highest BCUT2D eigenvalue weighted by Crippen LogP contribution is 2.35. The lowest BCUT2D eigenvalue weighted by Crippen LogP contribution is -2.43. The van der Waals surface area contributed by atoms with Gasteiger partial charge in [-0.15, -0.1) is 0 Å². The van der Waals surface area contributed by atoms with Crippen molar-refractivity contribution in [2.75, 3.05) is 38.6 Å². The van der Waals surface area contributed by atoms with E-state index in [0.717, 1.165) is 5.41 Å². The summed E-state index contributed by atoms with van der Waals surface area (Å²) < 4.78 is 38.8. The normalized spacial score (nSPS) is 18.7. The molecular formula is C15H19NO6S. The van der Waals surface area contributed by atoms with Crippen molar-refractivity contribution in [1.82, 2.24) is 0 Å². The molecule has 0 radical (unpaired) electrons. The quantitative estimate of drug-likeness (QED) is 0.767. The zero-order valence-corrected chi connectivity index (χ0v) is 14.0. The van der Waals surface area contributed by atoms with Gasteiger partial charge in [0.15, 0.2) is 9.84 Å². The summed E-state index contributed by atoms with van der Waals surface area (Å²) in [5, 5.41) is 1.13. The maximum atomic E-state index is 12.4. The first-order chi connectivity index (χ1) is 10.9. The molecule has 0 aliphatic carbocycles. The van der Waals surface area contributed by atoms with Crippen LogP contribution in [0.4, 0.5) is 5.69 Å². The molecule has 7 nitrogen and oxygen atoms in total. The first-order valence-electron chi connectivity index (χ1n) is 6.86. The Morgan fingerprint density at radius 1 is 1.26 bits per heavy atom. The molecular weight excluding hydrogens is 322 g/mol. The summed E-state index contributed by atoms with van der Waals surface area (Å²) in [5.74, 6) is 0.450. The third-order valence-corrected chi connectivity index (χ3v) is 4.80. The maximum absolute atomic E-state index is 12.4. The standard InChI is InChI=1S/C15H19NO6S/c1-20-9-15(17)16(11-6-7-23(18,19)10-11)13-5-4-12(21-2)8-14(13)22-3/h4-8,11H,9-10H2,1-3H3/t11-/m0/s1. The van der Waals surface area contributed by atoms with Crippen LogP contribution in [0.25, 0.3) is 0 Å². The molecule has 2 rings (SSSR count). The topological polar surface area (TPSA) is 82.1 Å². The van der Waals surface area contributed by atoms with Gasteiger partial charge >= 0.3 is 0 Å². The van der Waals surface area contributed by atoms with Crippen LogP contribution in [-0.2, 0) is 19.4 Å².